The zero-order valence-electron chi connectivity index (χ0n) is 19.1. The third kappa shape index (κ3) is 4.43. The van der Waals surface area contributed by atoms with Crippen molar-refractivity contribution in [1.82, 2.24) is 15.1 Å². The van der Waals surface area contributed by atoms with Gasteiger partial charge in [0.25, 0.3) is 5.91 Å². The van der Waals surface area contributed by atoms with Crippen LogP contribution in [0.3, 0.4) is 0 Å². The zero-order valence-corrected chi connectivity index (χ0v) is 19.1. The lowest BCUT2D eigenvalue weighted by atomic mass is 10.1. The van der Waals surface area contributed by atoms with Crippen LogP contribution in [0, 0.1) is 13.8 Å². The normalized spacial score (nSPS) is 11.0. The first kappa shape index (κ1) is 21.5. The van der Waals surface area contributed by atoms with Crippen molar-refractivity contribution >= 4 is 16.7 Å². The molecule has 0 bridgehead atoms. The van der Waals surface area contributed by atoms with Crippen molar-refractivity contribution < 1.29 is 13.9 Å². The number of rotatable bonds is 7. The molecular formula is C28H25N3O3. The Morgan fingerprint density at radius 1 is 0.941 bits per heavy atom. The van der Waals surface area contributed by atoms with Gasteiger partial charge in [0.1, 0.15) is 18.1 Å². The van der Waals surface area contributed by atoms with Crippen LogP contribution in [0.1, 0.15) is 33.3 Å². The van der Waals surface area contributed by atoms with Crippen molar-refractivity contribution in [2.45, 2.75) is 27.0 Å². The number of fused-ring (bicyclic) bond motifs is 1. The lowest BCUT2D eigenvalue weighted by molar-refractivity contribution is 0.0919. The van der Waals surface area contributed by atoms with Crippen molar-refractivity contribution in [3.8, 4) is 11.4 Å². The van der Waals surface area contributed by atoms with E-state index in [1.165, 1.54) is 0 Å². The minimum absolute atomic E-state index is 0.244. The maximum atomic E-state index is 12.7. The van der Waals surface area contributed by atoms with Gasteiger partial charge in [0.15, 0.2) is 5.76 Å². The Labute approximate surface area is 197 Å². The summed E-state index contributed by atoms with van der Waals surface area (Å²) < 4.78 is 13.5. The summed E-state index contributed by atoms with van der Waals surface area (Å²) >= 11 is 0. The van der Waals surface area contributed by atoms with Crippen molar-refractivity contribution in [3.05, 3.63) is 113 Å². The van der Waals surface area contributed by atoms with Crippen LogP contribution in [-0.2, 0) is 13.2 Å². The second-order valence-electron chi connectivity index (χ2n) is 8.14. The predicted octanol–water partition coefficient (Wildman–Crippen LogP) is 5.74. The number of carbonyl (C=O) groups excluding carboxylic acids is 1. The van der Waals surface area contributed by atoms with Crippen LogP contribution in [0.2, 0.25) is 0 Å². The molecule has 6 heteroatoms. The van der Waals surface area contributed by atoms with Gasteiger partial charge in [-0.3, -0.25) is 4.79 Å². The number of hydrogen-bond acceptors (Lipinski definition) is 4. The molecule has 0 aliphatic heterocycles. The number of nitrogens with zero attached hydrogens (tertiary/aromatic N) is 2. The Bertz CT molecular complexity index is 1450. The molecule has 34 heavy (non-hydrogen) atoms. The van der Waals surface area contributed by atoms with Gasteiger partial charge in [0, 0.05) is 17.8 Å². The summed E-state index contributed by atoms with van der Waals surface area (Å²) in [5.41, 5.74) is 3.85. The van der Waals surface area contributed by atoms with Crippen LogP contribution in [0.5, 0.6) is 5.75 Å². The van der Waals surface area contributed by atoms with E-state index in [0.717, 1.165) is 39.2 Å². The van der Waals surface area contributed by atoms with Crippen LogP contribution < -0.4 is 10.1 Å². The molecule has 6 nitrogen and oxygen atoms in total. The summed E-state index contributed by atoms with van der Waals surface area (Å²) in [6, 6.07) is 27.4. The van der Waals surface area contributed by atoms with Crippen molar-refractivity contribution in [2.75, 3.05) is 0 Å². The molecular weight excluding hydrogens is 426 g/mol. The Balaban J connectivity index is 1.21. The smallest absolute Gasteiger partial charge is 0.287 e. The molecule has 170 valence electrons. The molecule has 2 aromatic heterocycles. The number of aromatic nitrogens is 2. The van der Waals surface area contributed by atoms with Gasteiger partial charge in [-0.2, -0.15) is 5.10 Å². The number of carbonyl (C=O) groups is 1. The molecule has 0 radical (unpaired) electrons. The number of para-hydroxylation sites is 1. The summed E-state index contributed by atoms with van der Waals surface area (Å²) in [5, 5.41) is 9.85. The fourth-order valence-electron chi connectivity index (χ4n) is 4.00. The van der Waals surface area contributed by atoms with Crippen LogP contribution >= 0.6 is 0 Å². The summed E-state index contributed by atoms with van der Waals surface area (Å²) in [6.45, 7) is 4.56. The van der Waals surface area contributed by atoms with Gasteiger partial charge >= 0.3 is 0 Å². The number of amides is 1. The van der Waals surface area contributed by atoms with Crippen LogP contribution in [-0.4, -0.2) is 15.7 Å². The molecule has 0 saturated carbocycles. The lowest BCUT2D eigenvalue weighted by Crippen LogP contribution is -2.23. The average Bonchev–Trinajstić information content (AvgIpc) is 3.46. The predicted molar refractivity (Wildman–Crippen MR) is 131 cm³/mol. The monoisotopic (exact) mass is 451 g/mol. The quantitative estimate of drug-likeness (QED) is 0.342. The molecule has 3 aromatic carbocycles. The molecule has 0 aliphatic carbocycles. The molecule has 2 heterocycles. The summed E-state index contributed by atoms with van der Waals surface area (Å²) in [7, 11) is 0. The molecule has 0 unspecified atom stereocenters. The Hall–Kier alpha value is -4.32. The Morgan fingerprint density at radius 2 is 1.71 bits per heavy atom. The lowest BCUT2D eigenvalue weighted by Gasteiger charge is -2.07. The van der Waals surface area contributed by atoms with Gasteiger partial charge in [0.05, 0.1) is 11.4 Å². The molecule has 0 fully saturated rings. The fourth-order valence-corrected chi connectivity index (χ4v) is 4.00. The van der Waals surface area contributed by atoms with Gasteiger partial charge in [-0.25, -0.2) is 4.68 Å². The van der Waals surface area contributed by atoms with Gasteiger partial charge < -0.3 is 14.5 Å². The fraction of sp³-hybridized carbons (Fsp3) is 0.143. The molecule has 0 spiro atoms. The van der Waals surface area contributed by atoms with E-state index < -0.39 is 0 Å². The topological polar surface area (TPSA) is 69.3 Å². The third-order valence-electron chi connectivity index (χ3n) is 5.86. The largest absolute Gasteiger partial charge is 0.486 e. The maximum Gasteiger partial charge on any atom is 0.287 e. The minimum Gasteiger partial charge on any atom is -0.486 e. The highest BCUT2D eigenvalue weighted by Gasteiger charge is 2.16. The number of furan rings is 1. The second-order valence-corrected chi connectivity index (χ2v) is 8.14. The minimum atomic E-state index is -0.275. The molecule has 0 aliphatic rings. The van der Waals surface area contributed by atoms with Gasteiger partial charge in [-0.05, 0) is 61.0 Å². The Kier molecular flexibility index (Phi) is 5.87. The van der Waals surface area contributed by atoms with Crippen LogP contribution in [0.4, 0.5) is 0 Å². The first-order chi connectivity index (χ1) is 16.6. The van der Waals surface area contributed by atoms with Crippen molar-refractivity contribution in [1.29, 1.82) is 0 Å². The summed E-state index contributed by atoms with van der Waals surface area (Å²) in [5.74, 6) is 1.32. The molecule has 0 saturated heterocycles. The van der Waals surface area contributed by atoms with Crippen LogP contribution in [0.25, 0.3) is 16.5 Å². The second kappa shape index (κ2) is 9.27. The molecule has 5 aromatic rings. The van der Waals surface area contributed by atoms with Crippen molar-refractivity contribution in [2.24, 2.45) is 0 Å². The highest BCUT2D eigenvalue weighted by Crippen LogP contribution is 2.22. The summed E-state index contributed by atoms with van der Waals surface area (Å²) in [6.07, 6.45) is 0. The number of ether oxygens (including phenoxy) is 1. The van der Waals surface area contributed by atoms with Gasteiger partial charge in [0.2, 0.25) is 0 Å². The molecule has 0 atom stereocenters. The standard InChI is InChI=1S/C28H25N3O3/c1-19-26(20(2)31(30-19)23-10-4-3-5-11-23)17-29-28(32)27-15-14-25(34-27)18-33-24-13-12-21-8-6-7-9-22(21)16-24/h3-16H,17-18H2,1-2H3,(H,29,32). The van der Waals surface area contributed by atoms with E-state index in [4.69, 9.17) is 9.15 Å². The number of hydrogen-bond donors (Lipinski definition) is 1. The molecule has 1 amide bonds. The zero-order chi connectivity index (χ0) is 23.5. The molecule has 1 N–H and O–H groups in total. The van der Waals surface area contributed by atoms with E-state index >= 15 is 0 Å². The number of aryl methyl sites for hydroxylation is 1. The van der Waals surface area contributed by atoms with E-state index in [9.17, 15) is 4.79 Å². The van der Waals surface area contributed by atoms with Crippen molar-refractivity contribution in [3.63, 3.8) is 0 Å². The van der Waals surface area contributed by atoms with Gasteiger partial charge in [-0.15, -0.1) is 0 Å². The third-order valence-corrected chi connectivity index (χ3v) is 5.86. The van der Waals surface area contributed by atoms with E-state index in [0.29, 0.717) is 12.3 Å². The highest BCUT2D eigenvalue weighted by atomic mass is 16.5. The van der Waals surface area contributed by atoms with Gasteiger partial charge in [-0.1, -0.05) is 48.5 Å². The highest BCUT2D eigenvalue weighted by molar-refractivity contribution is 5.91. The van der Waals surface area contributed by atoms with E-state index in [1.807, 2.05) is 85.3 Å². The summed E-state index contributed by atoms with van der Waals surface area (Å²) in [4.78, 5) is 12.7. The molecule has 5 rings (SSSR count). The van der Waals surface area contributed by atoms with E-state index in [1.54, 1.807) is 12.1 Å². The van der Waals surface area contributed by atoms with Crippen LogP contribution in [0.15, 0.2) is 89.3 Å². The van der Waals surface area contributed by atoms with E-state index in [-0.39, 0.29) is 18.3 Å². The maximum absolute atomic E-state index is 12.7. The first-order valence-electron chi connectivity index (χ1n) is 11.2. The number of nitrogens with one attached hydrogen (secondary N) is 1. The van der Waals surface area contributed by atoms with E-state index in [2.05, 4.69) is 16.5 Å². The number of benzene rings is 3. The first-order valence-corrected chi connectivity index (χ1v) is 11.2. The average molecular weight is 452 g/mol. The Morgan fingerprint density at radius 3 is 2.53 bits per heavy atom. The SMILES string of the molecule is Cc1nn(-c2ccccc2)c(C)c1CNC(=O)c1ccc(COc2ccc3ccccc3c2)o1.